The van der Waals surface area contributed by atoms with Gasteiger partial charge < -0.3 is 10.5 Å². The lowest BCUT2D eigenvalue weighted by Crippen LogP contribution is -2.06. The summed E-state index contributed by atoms with van der Waals surface area (Å²) < 4.78 is 5.66. The molecule has 0 aliphatic heterocycles. The molecule has 4 heteroatoms. The van der Waals surface area contributed by atoms with E-state index in [1.807, 2.05) is 6.92 Å². The van der Waals surface area contributed by atoms with Crippen molar-refractivity contribution < 1.29 is 4.74 Å². The van der Waals surface area contributed by atoms with Crippen LogP contribution in [-0.4, -0.2) is 16.6 Å². The molecule has 0 spiro atoms. The molecule has 0 saturated carbocycles. The lowest BCUT2D eigenvalue weighted by Gasteiger charge is -2.10. The number of hydrogen-bond donors (Lipinski definition) is 1. The van der Waals surface area contributed by atoms with E-state index >= 15 is 0 Å². The van der Waals surface area contributed by atoms with Gasteiger partial charge in [-0.2, -0.15) is 0 Å². The minimum absolute atomic E-state index is 0.531. The molecular weight excluding hydrogens is 214 g/mol. The molecule has 1 aromatic heterocycles. The summed E-state index contributed by atoms with van der Waals surface area (Å²) in [6.07, 6.45) is 8.41. The van der Waals surface area contributed by atoms with Crippen LogP contribution in [0.25, 0.3) is 0 Å². The van der Waals surface area contributed by atoms with Crippen LogP contribution in [0.1, 0.15) is 51.5 Å². The van der Waals surface area contributed by atoms with E-state index in [1.54, 1.807) is 0 Å². The van der Waals surface area contributed by atoms with Crippen molar-refractivity contribution in [1.82, 2.24) is 9.97 Å². The zero-order valence-electron chi connectivity index (χ0n) is 10.9. The van der Waals surface area contributed by atoms with Crippen LogP contribution in [-0.2, 0) is 6.42 Å². The fourth-order valence-electron chi connectivity index (χ4n) is 1.74. The summed E-state index contributed by atoms with van der Waals surface area (Å²) in [7, 11) is 0. The zero-order chi connectivity index (χ0) is 12.5. The van der Waals surface area contributed by atoms with Gasteiger partial charge in [0.2, 0.25) is 5.88 Å². The van der Waals surface area contributed by atoms with E-state index in [0.717, 1.165) is 18.4 Å². The van der Waals surface area contributed by atoms with Crippen molar-refractivity contribution in [1.29, 1.82) is 0 Å². The summed E-state index contributed by atoms with van der Waals surface area (Å²) in [4.78, 5) is 8.10. The first-order chi connectivity index (χ1) is 8.29. The van der Waals surface area contributed by atoms with Gasteiger partial charge >= 0.3 is 0 Å². The Morgan fingerprint density at radius 3 is 2.59 bits per heavy atom. The minimum atomic E-state index is 0.531. The summed E-state index contributed by atoms with van der Waals surface area (Å²) in [5.41, 5.74) is 6.69. The Balaban J connectivity index is 2.33. The number of anilines is 1. The standard InChI is InChI=1S/C13H23N3O/c1-3-5-6-7-8-9-17-13-11(4-2)12(14)15-10-16-13/h10H,3-9H2,1-2H3,(H2,14,15,16). The Labute approximate surface area is 104 Å². The first-order valence-electron chi connectivity index (χ1n) is 6.51. The van der Waals surface area contributed by atoms with E-state index in [0.29, 0.717) is 18.3 Å². The summed E-state index contributed by atoms with van der Waals surface area (Å²) in [6.45, 7) is 4.96. The van der Waals surface area contributed by atoms with Gasteiger partial charge in [-0.1, -0.05) is 39.5 Å². The molecule has 17 heavy (non-hydrogen) atoms. The molecule has 0 fully saturated rings. The molecule has 2 N–H and O–H groups in total. The third-order valence-corrected chi connectivity index (χ3v) is 2.78. The molecule has 0 aliphatic rings. The molecule has 0 aromatic carbocycles. The van der Waals surface area contributed by atoms with Crippen LogP contribution < -0.4 is 10.5 Å². The van der Waals surface area contributed by atoms with Gasteiger partial charge in [-0.3, -0.25) is 0 Å². The number of nitrogens with zero attached hydrogens (tertiary/aromatic N) is 2. The second-order valence-corrected chi connectivity index (χ2v) is 4.16. The highest BCUT2D eigenvalue weighted by Gasteiger charge is 2.07. The molecule has 0 bridgehead atoms. The smallest absolute Gasteiger partial charge is 0.221 e. The molecule has 0 unspecified atom stereocenters. The lowest BCUT2D eigenvalue weighted by atomic mass is 10.2. The molecule has 1 rings (SSSR count). The van der Waals surface area contributed by atoms with Gasteiger partial charge in [0.15, 0.2) is 0 Å². The first kappa shape index (κ1) is 13.7. The average molecular weight is 237 g/mol. The van der Waals surface area contributed by atoms with E-state index in [2.05, 4.69) is 16.9 Å². The van der Waals surface area contributed by atoms with Crippen LogP contribution in [0.5, 0.6) is 5.88 Å². The van der Waals surface area contributed by atoms with E-state index in [-0.39, 0.29) is 0 Å². The maximum absolute atomic E-state index is 5.77. The van der Waals surface area contributed by atoms with Crippen LogP contribution in [0.3, 0.4) is 0 Å². The fraction of sp³-hybridized carbons (Fsp3) is 0.692. The molecule has 1 heterocycles. The van der Waals surface area contributed by atoms with Gasteiger partial charge in [0.25, 0.3) is 0 Å². The van der Waals surface area contributed by atoms with Crippen LogP contribution in [0.4, 0.5) is 5.82 Å². The van der Waals surface area contributed by atoms with E-state index < -0.39 is 0 Å². The summed E-state index contributed by atoms with van der Waals surface area (Å²) in [6, 6.07) is 0. The van der Waals surface area contributed by atoms with Crippen molar-refractivity contribution in [2.45, 2.75) is 52.4 Å². The van der Waals surface area contributed by atoms with Gasteiger partial charge in [0.05, 0.1) is 12.2 Å². The predicted octanol–water partition coefficient (Wildman–Crippen LogP) is 2.97. The number of hydrogen-bond acceptors (Lipinski definition) is 4. The molecule has 0 amide bonds. The van der Waals surface area contributed by atoms with Crippen LogP contribution in [0.2, 0.25) is 0 Å². The van der Waals surface area contributed by atoms with Crippen molar-refractivity contribution >= 4 is 5.82 Å². The maximum Gasteiger partial charge on any atom is 0.221 e. The number of rotatable bonds is 8. The van der Waals surface area contributed by atoms with Crippen molar-refractivity contribution in [3.8, 4) is 5.88 Å². The SMILES string of the molecule is CCCCCCCOc1ncnc(N)c1CC. The molecular formula is C13H23N3O. The van der Waals surface area contributed by atoms with Gasteiger partial charge in [-0.05, 0) is 12.8 Å². The van der Waals surface area contributed by atoms with Gasteiger partial charge in [-0.15, -0.1) is 0 Å². The zero-order valence-corrected chi connectivity index (χ0v) is 10.9. The normalized spacial score (nSPS) is 10.5. The van der Waals surface area contributed by atoms with E-state index in [1.165, 1.54) is 32.0 Å². The van der Waals surface area contributed by atoms with Crippen LogP contribution in [0, 0.1) is 0 Å². The average Bonchev–Trinajstić information content (AvgIpc) is 2.34. The predicted molar refractivity (Wildman–Crippen MR) is 70.1 cm³/mol. The van der Waals surface area contributed by atoms with Gasteiger partial charge in [-0.25, -0.2) is 9.97 Å². The number of unbranched alkanes of at least 4 members (excludes halogenated alkanes) is 4. The number of nitrogens with two attached hydrogens (primary N) is 1. The highest BCUT2D eigenvalue weighted by molar-refractivity contribution is 5.44. The second kappa shape index (κ2) is 7.87. The van der Waals surface area contributed by atoms with Crippen molar-refractivity contribution in [2.24, 2.45) is 0 Å². The quantitative estimate of drug-likeness (QED) is 0.706. The Morgan fingerprint density at radius 2 is 1.88 bits per heavy atom. The Hall–Kier alpha value is -1.32. The Bertz CT molecular complexity index is 328. The van der Waals surface area contributed by atoms with Crippen molar-refractivity contribution in [3.63, 3.8) is 0 Å². The van der Waals surface area contributed by atoms with E-state index in [9.17, 15) is 0 Å². The first-order valence-corrected chi connectivity index (χ1v) is 6.51. The lowest BCUT2D eigenvalue weighted by molar-refractivity contribution is 0.290. The summed E-state index contributed by atoms with van der Waals surface area (Å²) in [5.74, 6) is 1.18. The molecule has 96 valence electrons. The van der Waals surface area contributed by atoms with E-state index in [4.69, 9.17) is 10.5 Å². The molecule has 0 saturated heterocycles. The molecule has 0 radical (unpaired) electrons. The summed E-state index contributed by atoms with van der Waals surface area (Å²) >= 11 is 0. The molecule has 4 nitrogen and oxygen atoms in total. The highest BCUT2D eigenvalue weighted by atomic mass is 16.5. The number of aromatic nitrogens is 2. The molecule has 1 aromatic rings. The maximum atomic E-state index is 5.77. The highest BCUT2D eigenvalue weighted by Crippen LogP contribution is 2.20. The monoisotopic (exact) mass is 237 g/mol. The second-order valence-electron chi connectivity index (χ2n) is 4.16. The Kier molecular flexibility index (Phi) is 6.37. The summed E-state index contributed by atoms with van der Waals surface area (Å²) in [5, 5.41) is 0. The molecule has 0 atom stereocenters. The van der Waals surface area contributed by atoms with Gasteiger partial charge in [0, 0.05) is 0 Å². The van der Waals surface area contributed by atoms with Crippen LogP contribution in [0.15, 0.2) is 6.33 Å². The minimum Gasteiger partial charge on any atom is -0.477 e. The van der Waals surface area contributed by atoms with Gasteiger partial charge in [0.1, 0.15) is 12.1 Å². The number of ether oxygens (including phenoxy) is 1. The third-order valence-electron chi connectivity index (χ3n) is 2.78. The molecule has 0 aliphatic carbocycles. The van der Waals surface area contributed by atoms with Crippen molar-refractivity contribution in [3.05, 3.63) is 11.9 Å². The Morgan fingerprint density at radius 1 is 1.12 bits per heavy atom. The fourth-order valence-corrected chi connectivity index (χ4v) is 1.74. The number of nitrogen functional groups attached to an aromatic ring is 1. The third kappa shape index (κ3) is 4.59. The van der Waals surface area contributed by atoms with Crippen molar-refractivity contribution in [2.75, 3.05) is 12.3 Å². The largest absolute Gasteiger partial charge is 0.477 e. The van der Waals surface area contributed by atoms with Crippen LogP contribution >= 0.6 is 0 Å². The topological polar surface area (TPSA) is 61.0 Å².